The van der Waals surface area contributed by atoms with E-state index in [-0.39, 0.29) is 11.3 Å². The Morgan fingerprint density at radius 2 is 1.68 bits per heavy atom. The largest absolute Gasteiger partial charge is 0.507 e. The van der Waals surface area contributed by atoms with Gasteiger partial charge in [0.15, 0.2) is 0 Å². The van der Waals surface area contributed by atoms with Crippen molar-refractivity contribution in [1.29, 1.82) is 0 Å². The van der Waals surface area contributed by atoms with E-state index < -0.39 is 17.7 Å². The molecule has 1 amide bonds. The van der Waals surface area contributed by atoms with Crippen molar-refractivity contribution in [3.8, 4) is 5.75 Å². The van der Waals surface area contributed by atoms with Gasteiger partial charge in [0.1, 0.15) is 11.5 Å². The Hall–Kier alpha value is -3.86. The Bertz CT molecular complexity index is 1260. The average Bonchev–Trinajstić information content (AvgIpc) is 3.08. The highest BCUT2D eigenvalue weighted by atomic mass is 16.5. The van der Waals surface area contributed by atoms with Crippen LogP contribution in [0.4, 0.5) is 5.69 Å². The number of hydrogen-bond donors (Lipinski definition) is 1. The van der Waals surface area contributed by atoms with Crippen molar-refractivity contribution in [3.05, 3.63) is 101 Å². The van der Waals surface area contributed by atoms with E-state index in [1.54, 1.807) is 18.2 Å². The highest BCUT2D eigenvalue weighted by molar-refractivity contribution is 6.51. The third-order valence-corrected chi connectivity index (χ3v) is 5.93. The highest BCUT2D eigenvalue weighted by Gasteiger charge is 2.47. The number of rotatable bonds is 6. The summed E-state index contributed by atoms with van der Waals surface area (Å²) in [5.74, 6) is -0.641. The van der Waals surface area contributed by atoms with Gasteiger partial charge in [-0.1, -0.05) is 67.9 Å². The van der Waals surface area contributed by atoms with Crippen LogP contribution in [0.3, 0.4) is 0 Å². The van der Waals surface area contributed by atoms with Gasteiger partial charge < -0.3 is 9.84 Å². The van der Waals surface area contributed by atoms with Crippen LogP contribution in [-0.2, 0) is 9.59 Å². The van der Waals surface area contributed by atoms with E-state index >= 15 is 0 Å². The van der Waals surface area contributed by atoms with Crippen LogP contribution in [0.5, 0.6) is 5.75 Å². The molecule has 1 saturated heterocycles. The first-order valence-corrected chi connectivity index (χ1v) is 11.4. The number of Topliss-reactive ketones (excluding diaryl/α,β-unsaturated/α-hetero) is 1. The van der Waals surface area contributed by atoms with E-state index in [1.165, 1.54) is 4.90 Å². The van der Waals surface area contributed by atoms with Gasteiger partial charge >= 0.3 is 0 Å². The predicted octanol–water partition coefficient (Wildman–Crippen LogP) is 5.96. The molecule has 0 spiro atoms. The molecule has 0 radical (unpaired) electrons. The van der Waals surface area contributed by atoms with Crippen molar-refractivity contribution in [2.45, 2.75) is 33.7 Å². The molecule has 0 aromatic heterocycles. The molecule has 0 saturated carbocycles. The Labute approximate surface area is 200 Å². The average molecular weight is 456 g/mol. The molecule has 1 fully saturated rings. The van der Waals surface area contributed by atoms with Crippen molar-refractivity contribution in [1.82, 2.24) is 0 Å². The number of aliphatic hydroxyl groups excluding tert-OH is 1. The van der Waals surface area contributed by atoms with E-state index in [4.69, 9.17) is 4.74 Å². The van der Waals surface area contributed by atoms with Crippen LogP contribution in [0.1, 0.15) is 42.1 Å². The second-order valence-corrected chi connectivity index (χ2v) is 9.09. The number of hydrogen-bond acceptors (Lipinski definition) is 4. The summed E-state index contributed by atoms with van der Waals surface area (Å²) in [5.41, 5.74) is 3.87. The third-order valence-electron chi connectivity index (χ3n) is 5.93. The molecule has 34 heavy (non-hydrogen) atoms. The molecule has 5 heteroatoms. The highest BCUT2D eigenvalue weighted by Crippen LogP contribution is 2.43. The molecule has 1 N–H and O–H groups in total. The first-order chi connectivity index (χ1) is 16.3. The molecular weight excluding hydrogens is 426 g/mol. The van der Waals surface area contributed by atoms with E-state index in [0.29, 0.717) is 29.5 Å². The molecule has 1 aliphatic rings. The van der Waals surface area contributed by atoms with Crippen molar-refractivity contribution in [3.63, 3.8) is 0 Å². The second-order valence-electron chi connectivity index (χ2n) is 9.09. The quantitative estimate of drug-likeness (QED) is 0.283. The lowest BCUT2D eigenvalue weighted by atomic mass is 9.92. The van der Waals surface area contributed by atoms with Gasteiger partial charge in [-0.15, -0.1) is 0 Å². The normalized spacial score (nSPS) is 17.4. The lowest BCUT2D eigenvalue weighted by Crippen LogP contribution is -2.29. The summed E-state index contributed by atoms with van der Waals surface area (Å²) >= 11 is 0. The Morgan fingerprint density at radius 3 is 2.35 bits per heavy atom. The molecule has 3 aromatic carbocycles. The van der Waals surface area contributed by atoms with Crippen molar-refractivity contribution >= 4 is 23.1 Å². The molecule has 0 aliphatic carbocycles. The van der Waals surface area contributed by atoms with Crippen LogP contribution in [0, 0.1) is 19.8 Å². The van der Waals surface area contributed by atoms with Gasteiger partial charge in [-0.05, 0) is 55.2 Å². The fourth-order valence-corrected chi connectivity index (χ4v) is 4.14. The number of ketones is 1. The Balaban J connectivity index is 1.88. The maximum absolute atomic E-state index is 13.3. The van der Waals surface area contributed by atoms with Crippen molar-refractivity contribution in [2.24, 2.45) is 5.92 Å². The van der Waals surface area contributed by atoms with E-state index in [1.807, 2.05) is 68.4 Å². The number of anilines is 1. The molecule has 1 aliphatic heterocycles. The minimum atomic E-state index is -0.746. The number of aliphatic hydroxyl groups is 1. The fourth-order valence-electron chi connectivity index (χ4n) is 4.14. The SMILES string of the molecule is Cc1ccc(N2C(=O)C(=O)/C(=C(/O)c3cccc(OCC(C)C)c3)C2c2ccccc2C)cc1. The Morgan fingerprint density at radius 1 is 0.971 bits per heavy atom. The molecule has 174 valence electrons. The molecule has 4 rings (SSSR count). The van der Waals surface area contributed by atoms with Crippen LogP contribution < -0.4 is 9.64 Å². The molecule has 1 atom stereocenters. The summed E-state index contributed by atoms with van der Waals surface area (Å²) in [6.07, 6.45) is 0. The number of aryl methyl sites for hydroxylation is 2. The number of carbonyl (C=O) groups excluding carboxylic acids is 2. The van der Waals surface area contributed by atoms with Gasteiger partial charge in [0.25, 0.3) is 11.7 Å². The summed E-state index contributed by atoms with van der Waals surface area (Å²) in [5, 5.41) is 11.4. The standard InChI is InChI=1S/C29H29NO4/c1-18(2)17-34-23-10-7-9-21(16-23)27(31)25-26(24-11-6-5-8-20(24)4)30(29(33)28(25)32)22-14-12-19(3)13-15-22/h5-16,18,26,31H,17H2,1-4H3/b27-25+. The molecule has 1 unspecified atom stereocenters. The number of amides is 1. The molecular formula is C29H29NO4. The number of carbonyl (C=O) groups is 2. The second kappa shape index (κ2) is 9.56. The monoisotopic (exact) mass is 455 g/mol. The number of nitrogens with zero attached hydrogens (tertiary/aromatic N) is 1. The van der Waals surface area contributed by atoms with Crippen LogP contribution in [0.25, 0.3) is 5.76 Å². The lowest BCUT2D eigenvalue weighted by molar-refractivity contribution is -0.132. The first-order valence-electron chi connectivity index (χ1n) is 11.4. The van der Waals surface area contributed by atoms with E-state index in [2.05, 4.69) is 13.8 Å². The van der Waals surface area contributed by atoms with Gasteiger partial charge in [0, 0.05) is 11.3 Å². The van der Waals surface area contributed by atoms with Gasteiger partial charge in [0.2, 0.25) is 0 Å². The van der Waals surface area contributed by atoms with Gasteiger partial charge in [-0.3, -0.25) is 14.5 Å². The van der Waals surface area contributed by atoms with Crippen LogP contribution in [0.2, 0.25) is 0 Å². The molecule has 3 aromatic rings. The lowest BCUT2D eigenvalue weighted by Gasteiger charge is -2.26. The summed E-state index contributed by atoms with van der Waals surface area (Å²) in [6, 6.07) is 21.3. The smallest absolute Gasteiger partial charge is 0.300 e. The summed E-state index contributed by atoms with van der Waals surface area (Å²) in [7, 11) is 0. The Kier molecular flexibility index (Phi) is 6.55. The van der Waals surface area contributed by atoms with E-state index in [9.17, 15) is 14.7 Å². The fraction of sp³-hybridized carbons (Fsp3) is 0.241. The van der Waals surface area contributed by atoms with Crippen LogP contribution in [0.15, 0.2) is 78.4 Å². The molecule has 0 bridgehead atoms. The minimum absolute atomic E-state index is 0.0703. The van der Waals surface area contributed by atoms with Crippen LogP contribution >= 0.6 is 0 Å². The zero-order chi connectivity index (χ0) is 24.4. The van der Waals surface area contributed by atoms with Crippen molar-refractivity contribution in [2.75, 3.05) is 11.5 Å². The third kappa shape index (κ3) is 4.46. The predicted molar refractivity (Wildman–Crippen MR) is 134 cm³/mol. The zero-order valence-corrected chi connectivity index (χ0v) is 19.9. The zero-order valence-electron chi connectivity index (χ0n) is 19.9. The topological polar surface area (TPSA) is 66.8 Å². The van der Waals surface area contributed by atoms with Gasteiger partial charge in [-0.25, -0.2) is 0 Å². The maximum Gasteiger partial charge on any atom is 0.300 e. The minimum Gasteiger partial charge on any atom is -0.507 e. The van der Waals surface area contributed by atoms with Gasteiger partial charge in [0.05, 0.1) is 18.2 Å². The maximum atomic E-state index is 13.3. The molecule has 5 nitrogen and oxygen atoms in total. The summed E-state index contributed by atoms with van der Waals surface area (Å²) < 4.78 is 5.81. The van der Waals surface area contributed by atoms with Gasteiger partial charge in [-0.2, -0.15) is 0 Å². The number of ether oxygens (including phenoxy) is 1. The summed E-state index contributed by atoms with van der Waals surface area (Å²) in [4.78, 5) is 28.1. The van der Waals surface area contributed by atoms with Crippen LogP contribution in [-0.4, -0.2) is 23.4 Å². The first kappa shape index (κ1) is 23.3. The molecule has 1 heterocycles. The van der Waals surface area contributed by atoms with Crippen molar-refractivity contribution < 1.29 is 19.4 Å². The number of benzene rings is 3. The van der Waals surface area contributed by atoms with E-state index in [0.717, 1.165) is 16.7 Å². The summed E-state index contributed by atoms with van der Waals surface area (Å²) in [6.45, 7) is 8.54.